The maximum absolute atomic E-state index is 12.4. The molecule has 1 N–H and O–H groups in total. The lowest BCUT2D eigenvalue weighted by Crippen LogP contribution is -2.12. The van der Waals surface area contributed by atoms with Crippen LogP contribution in [0.2, 0.25) is 0 Å². The van der Waals surface area contributed by atoms with Crippen LogP contribution in [-0.2, 0) is 0 Å². The molecule has 24 heavy (non-hydrogen) atoms. The first-order valence-corrected chi connectivity index (χ1v) is 7.17. The van der Waals surface area contributed by atoms with Crippen LogP contribution in [0.25, 0.3) is 0 Å². The molecule has 7 heteroatoms. The third-order valence-corrected chi connectivity index (χ3v) is 3.56. The number of carbonyl (C=O) groups excluding carboxylic acids is 1. The third kappa shape index (κ3) is 2.88. The van der Waals surface area contributed by atoms with Crippen LogP contribution in [0, 0.1) is 0 Å². The highest BCUT2D eigenvalue weighted by Crippen LogP contribution is 2.40. The topological polar surface area (TPSA) is 75.3 Å². The first-order valence-electron chi connectivity index (χ1n) is 7.17. The van der Waals surface area contributed by atoms with Crippen LogP contribution in [0.15, 0.2) is 30.3 Å². The monoisotopic (exact) mass is 331 g/mol. The zero-order chi connectivity index (χ0) is 17.1. The van der Waals surface area contributed by atoms with Gasteiger partial charge in [-0.05, 0) is 18.2 Å². The highest BCUT2D eigenvalue weighted by molar-refractivity contribution is 6.05. The van der Waals surface area contributed by atoms with Crippen LogP contribution in [-0.4, -0.2) is 34.0 Å². The molecular formula is C17H17NO6. The number of carbonyl (C=O) groups is 1. The van der Waals surface area contributed by atoms with E-state index in [0.717, 1.165) is 0 Å². The molecule has 1 heterocycles. The number of ether oxygens (including phenoxy) is 5. The third-order valence-electron chi connectivity index (χ3n) is 3.56. The second-order valence-electron chi connectivity index (χ2n) is 4.94. The molecule has 7 nitrogen and oxygen atoms in total. The van der Waals surface area contributed by atoms with Crippen molar-refractivity contribution in [3.63, 3.8) is 0 Å². The summed E-state index contributed by atoms with van der Waals surface area (Å²) >= 11 is 0. The van der Waals surface area contributed by atoms with E-state index in [4.69, 9.17) is 23.7 Å². The molecule has 2 aromatic rings. The second kappa shape index (κ2) is 6.57. The number of fused-ring (bicyclic) bond motifs is 1. The van der Waals surface area contributed by atoms with Gasteiger partial charge in [0, 0.05) is 23.4 Å². The van der Waals surface area contributed by atoms with Crippen molar-refractivity contribution in [2.75, 3.05) is 33.4 Å². The quantitative estimate of drug-likeness (QED) is 0.908. The summed E-state index contributed by atoms with van der Waals surface area (Å²) in [4.78, 5) is 12.4. The highest BCUT2D eigenvalue weighted by Gasteiger charge is 2.18. The van der Waals surface area contributed by atoms with Gasteiger partial charge in [-0.2, -0.15) is 0 Å². The summed E-state index contributed by atoms with van der Waals surface area (Å²) in [6.07, 6.45) is 0. The fourth-order valence-electron chi connectivity index (χ4n) is 2.39. The Morgan fingerprint density at radius 2 is 1.62 bits per heavy atom. The van der Waals surface area contributed by atoms with Crippen molar-refractivity contribution in [1.82, 2.24) is 0 Å². The minimum Gasteiger partial charge on any atom is -0.493 e. The molecule has 0 saturated carbocycles. The Balaban J connectivity index is 1.86. The van der Waals surface area contributed by atoms with Gasteiger partial charge in [0.2, 0.25) is 12.5 Å². The minimum atomic E-state index is -0.289. The summed E-state index contributed by atoms with van der Waals surface area (Å²) in [5.74, 6) is 2.26. The average molecular weight is 331 g/mol. The second-order valence-corrected chi connectivity index (χ2v) is 4.94. The molecule has 0 spiro atoms. The summed E-state index contributed by atoms with van der Waals surface area (Å²) in [7, 11) is 4.55. The van der Waals surface area contributed by atoms with Gasteiger partial charge >= 0.3 is 0 Å². The van der Waals surface area contributed by atoms with Crippen molar-refractivity contribution < 1.29 is 28.5 Å². The Kier molecular flexibility index (Phi) is 4.33. The van der Waals surface area contributed by atoms with Gasteiger partial charge in [0.05, 0.1) is 21.3 Å². The predicted molar refractivity (Wildman–Crippen MR) is 86.6 cm³/mol. The molecule has 0 aromatic heterocycles. The van der Waals surface area contributed by atoms with Crippen molar-refractivity contribution in [1.29, 1.82) is 0 Å². The van der Waals surface area contributed by atoms with Gasteiger partial charge in [0.15, 0.2) is 23.0 Å². The number of anilines is 1. The van der Waals surface area contributed by atoms with E-state index < -0.39 is 0 Å². The molecule has 0 radical (unpaired) electrons. The first kappa shape index (κ1) is 15.8. The number of nitrogens with one attached hydrogen (secondary N) is 1. The van der Waals surface area contributed by atoms with Crippen LogP contribution in [0.3, 0.4) is 0 Å². The van der Waals surface area contributed by atoms with Gasteiger partial charge in [0.1, 0.15) is 0 Å². The van der Waals surface area contributed by atoms with E-state index in [9.17, 15) is 4.79 Å². The fourth-order valence-corrected chi connectivity index (χ4v) is 2.39. The summed E-state index contributed by atoms with van der Waals surface area (Å²) in [6, 6.07) is 8.32. The lowest BCUT2D eigenvalue weighted by atomic mass is 10.1. The summed E-state index contributed by atoms with van der Waals surface area (Å²) in [5.41, 5.74) is 0.972. The van der Waals surface area contributed by atoms with Gasteiger partial charge in [-0.15, -0.1) is 0 Å². The van der Waals surface area contributed by atoms with E-state index in [1.165, 1.54) is 21.3 Å². The SMILES string of the molecule is COc1cc(NC(=O)c2ccc3c(c2)OCO3)cc(OC)c1OC. The molecule has 0 fully saturated rings. The summed E-state index contributed by atoms with van der Waals surface area (Å²) in [5, 5.41) is 2.80. The number of hydrogen-bond donors (Lipinski definition) is 1. The molecule has 0 bridgehead atoms. The van der Waals surface area contributed by atoms with Crippen LogP contribution < -0.4 is 29.0 Å². The number of methoxy groups -OCH3 is 3. The smallest absolute Gasteiger partial charge is 0.255 e. The van der Waals surface area contributed by atoms with Crippen LogP contribution in [0.1, 0.15) is 10.4 Å². The predicted octanol–water partition coefficient (Wildman–Crippen LogP) is 2.69. The van der Waals surface area contributed by atoms with Gasteiger partial charge in [-0.1, -0.05) is 0 Å². The fraction of sp³-hybridized carbons (Fsp3) is 0.235. The maximum Gasteiger partial charge on any atom is 0.255 e. The van der Waals surface area contributed by atoms with E-state index in [-0.39, 0.29) is 12.7 Å². The van der Waals surface area contributed by atoms with Crippen molar-refractivity contribution in [3.05, 3.63) is 35.9 Å². The molecule has 1 amide bonds. The normalized spacial score (nSPS) is 11.8. The van der Waals surface area contributed by atoms with Crippen molar-refractivity contribution in [2.45, 2.75) is 0 Å². The lowest BCUT2D eigenvalue weighted by molar-refractivity contribution is 0.102. The number of benzene rings is 2. The largest absolute Gasteiger partial charge is 0.493 e. The molecule has 1 aliphatic rings. The van der Waals surface area contributed by atoms with Crippen LogP contribution in [0.5, 0.6) is 28.7 Å². The van der Waals surface area contributed by atoms with E-state index in [1.54, 1.807) is 30.3 Å². The summed E-state index contributed by atoms with van der Waals surface area (Å²) < 4.78 is 26.3. The van der Waals surface area contributed by atoms with Crippen molar-refractivity contribution in [2.24, 2.45) is 0 Å². The Hall–Kier alpha value is -3.09. The zero-order valence-corrected chi connectivity index (χ0v) is 13.5. The van der Waals surface area contributed by atoms with Gasteiger partial charge < -0.3 is 29.0 Å². The number of amides is 1. The molecule has 0 saturated heterocycles. The molecule has 3 rings (SSSR count). The number of hydrogen-bond acceptors (Lipinski definition) is 6. The van der Waals surface area contributed by atoms with Gasteiger partial charge in [-0.25, -0.2) is 0 Å². The highest BCUT2D eigenvalue weighted by atomic mass is 16.7. The van der Waals surface area contributed by atoms with Gasteiger partial charge in [-0.3, -0.25) is 4.79 Å². The molecule has 126 valence electrons. The summed E-state index contributed by atoms with van der Waals surface area (Å²) in [6.45, 7) is 0.160. The Morgan fingerprint density at radius 3 is 2.25 bits per heavy atom. The van der Waals surface area contributed by atoms with E-state index in [2.05, 4.69) is 5.32 Å². The Labute approximate surface area is 139 Å². The van der Waals surface area contributed by atoms with Crippen molar-refractivity contribution >= 4 is 11.6 Å². The minimum absolute atomic E-state index is 0.160. The Bertz CT molecular complexity index is 749. The van der Waals surface area contributed by atoms with Crippen LogP contribution in [0.4, 0.5) is 5.69 Å². The Morgan fingerprint density at radius 1 is 0.958 bits per heavy atom. The number of rotatable bonds is 5. The van der Waals surface area contributed by atoms with Crippen LogP contribution >= 0.6 is 0 Å². The molecule has 2 aromatic carbocycles. The molecular weight excluding hydrogens is 314 g/mol. The van der Waals surface area contributed by atoms with E-state index in [1.807, 2.05) is 0 Å². The average Bonchev–Trinajstić information content (AvgIpc) is 3.08. The maximum atomic E-state index is 12.4. The standard InChI is InChI=1S/C17H17NO6/c1-20-14-7-11(8-15(21-2)16(14)22-3)18-17(19)10-4-5-12-13(6-10)24-9-23-12/h4-8H,9H2,1-3H3,(H,18,19). The van der Waals surface area contributed by atoms with Crippen molar-refractivity contribution in [3.8, 4) is 28.7 Å². The molecule has 0 atom stereocenters. The van der Waals surface area contributed by atoms with E-state index >= 15 is 0 Å². The first-order chi connectivity index (χ1) is 11.7. The van der Waals surface area contributed by atoms with E-state index in [0.29, 0.717) is 40.0 Å². The van der Waals surface area contributed by atoms with Gasteiger partial charge in [0.25, 0.3) is 5.91 Å². The zero-order valence-electron chi connectivity index (χ0n) is 13.5. The lowest BCUT2D eigenvalue weighted by Gasteiger charge is -2.14. The molecule has 0 unspecified atom stereocenters. The molecule has 1 aliphatic heterocycles. The molecule has 0 aliphatic carbocycles.